The Morgan fingerprint density at radius 1 is 1.24 bits per heavy atom. The molecule has 3 aromatic rings. The number of pyridine rings is 2. The van der Waals surface area contributed by atoms with Crippen molar-refractivity contribution in [2.75, 3.05) is 10.2 Å². The molecule has 1 atom stereocenters. The van der Waals surface area contributed by atoms with Gasteiger partial charge in [-0.25, -0.2) is 9.78 Å². The molecule has 4 heterocycles. The van der Waals surface area contributed by atoms with Crippen LogP contribution in [0.2, 0.25) is 0 Å². The van der Waals surface area contributed by atoms with Crippen LogP contribution in [-0.4, -0.2) is 26.4 Å². The number of rotatable bonds is 3. The van der Waals surface area contributed by atoms with Crippen molar-refractivity contribution in [3.8, 4) is 0 Å². The number of nitrogens with one attached hydrogen (secondary N) is 1. The monoisotopic (exact) mass is 355 g/mol. The Balaban J connectivity index is 2.01. The minimum atomic E-state index is -1.17. The molecule has 0 fully saturated rings. The number of amides is 2. The topological polar surface area (TPSA) is 95.4 Å². The molecule has 0 spiro atoms. The van der Waals surface area contributed by atoms with Crippen LogP contribution >= 0.6 is 10.5 Å². The van der Waals surface area contributed by atoms with Gasteiger partial charge in [-0.1, -0.05) is 13.8 Å². The van der Waals surface area contributed by atoms with Crippen molar-refractivity contribution in [3.05, 3.63) is 41.7 Å². The Labute approximate surface area is 145 Å². The maximum absolute atomic E-state index is 12.8. The molecule has 2 amide bonds. The number of carbonyl (C=O) groups excluding carboxylic acids is 1. The molecule has 8 heteroatoms. The van der Waals surface area contributed by atoms with E-state index in [2.05, 4.69) is 15.3 Å². The summed E-state index contributed by atoms with van der Waals surface area (Å²) in [4.78, 5) is 35.0. The highest BCUT2D eigenvalue weighted by atomic mass is 32.2. The highest BCUT2D eigenvalue weighted by molar-refractivity contribution is 7.54. The van der Waals surface area contributed by atoms with Gasteiger partial charge in [-0.3, -0.25) is 9.88 Å². The van der Waals surface area contributed by atoms with Gasteiger partial charge in [0.2, 0.25) is 0 Å². The predicted octanol–water partition coefficient (Wildman–Crippen LogP) is 4.71. The second-order valence-corrected chi connectivity index (χ2v) is 7.62. The Bertz CT molecular complexity index is 1030. The van der Waals surface area contributed by atoms with Crippen LogP contribution in [0.4, 0.5) is 26.7 Å². The third-order valence-corrected chi connectivity index (χ3v) is 5.66. The molecular weight excluding hydrogens is 340 g/mol. The maximum atomic E-state index is 12.8. The summed E-state index contributed by atoms with van der Waals surface area (Å²) in [5.41, 5.74) is 2.63. The lowest BCUT2D eigenvalue weighted by atomic mass is 10.1. The van der Waals surface area contributed by atoms with Crippen LogP contribution in [0.15, 0.2) is 36.0 Å². The van der Waals surface area contributed by atoms with Gasteiger partial charge in [-0.05, 0) is 24.1 Å². The summed E-state index contributed by atoms with van der Waals surface area (Å²) in [5, 5.41) is 13.5. The zero-order valence-corrected chi connectivity index (χ0v) is 14.4. The van der Waals surface area contributed by atoms with E-state index in [0.717, 1.165) is 5.69 Å². The number of carbonyl (C=O) groups is 2. The van der Waals surface area contributed by atoms with Crippen molar-refractivity contribution in [1.29, 1.82) is 0 Å². The van der Waals surface area contributed by atoms with Crippen LogP contribution in [0.25, 0.3) is 10.2 Å². The smallest absolute Gasteiger partial charge is 0.437 e. The summed E-state index contributed by atoms with van der Waals surface area (Å²) in [6.07, 6.45) is 3.25. The number of urea groups is 1. The molecule has 0 aliphatic carbocycles. The SMILES string of the molecule is CC(C)c1ncccc1N1C(=O)Nc2c[s+](C(=O)O)c3nccc1c23. The summed E-state index contributed by atoms with van der Waals surface area (Å²) >= 11 is 0. The molecule has 1 aliphatic heterocycles. The van der Waals surface area contributed by atoms with Crippen molar-refractivity contribution >= 4 is 49.1 Å². The van der Waals surface area contributed by atoms with Gasteiger partial charge in [-0.2, -0.15) is 4.79 Å². The fourth-order valence-electron chi connectivity index (χ4n) is 3.06. The van der Waals surface area contributed by atoms with E-state index in [9.17, 15) is 14.7 Å². The van der Waals surface area contributed by atoms with E-state index in [1.807, 2.05) is 19.9 Å². The van der Waals surface area contributed by atoms with Crippen LogP contribution in [0.5, 0.6) is 0 Å². The summed E-state index contributed by atoms with van der Waals surface area (Å²) in [6, 6.07) is 5.02. The van der Waals surface area contributed by atoms with E-state index in [-0.39, 0.29) is 11.9 Å². The average Bonchev–Trinajstić information content (AvgIpc) is 2.95. The molecule has 4 rings (SSSR count). The largest absolute Gasteiger partial charge is 0.554 e. The molecule has 2 N–H and O–H groups in total. The molecule has 1 unspecified atom stereocenters. The highest BCUT2D eigenvalue weighted by Gasteiger charge is 2.37. The van der Waals surface area contributed by atoms with Crippen molar-refractivity contribution in [1.82, 2.24) is 9.97 Å². The number of nitrogens with zero attached hydrogens (tertiary/aromatic N) is 3. The molecule has 0 aromatic carbocycles. The summed E-state index contributed by atoms with van der Waals surface area (Å²) in [6.45, 7) is 4.02. The summed E-state index contributed by atoms with van der Waals surface area (Å²) in [7, 11) is -1.17. The molecule has 0 radical (unpaired) electrons. The van der Waals surface area contributed by atoms with Crippen LogP contribution < -0.4 is 10.2 Å². The molecule has 0 saturated heterocycles. The number of hydrogen-bond acceptors (Lipinski definition) is 4. The number of carboxylic acid groups (broad SMARTS) is 1. The average molecular weight is 355 g/mol. The van der Waals surface area contributed by atoms with Gasteiger partial charge >= 0.3 is 11.3 Å². The Morgan fingerprint density at radius 3 is 2.76 bits per heavy atom. The van der Waals surface area contributed by atoms with Gasteiger partial charge in [0, 0.05) is 12.4 Å². The number of anilines is 3. The lowest BCUT2D eigenvalue weighted by Crippen LogP contribution is -2.34. The fourth-order valence-corrected chi connectivity index (χ4v) is 4.46. The molecule has 7 nitrogen and oxygen atoms in total. The second kappa shape index (κ2) is 5.52. The lowest BCUT2D eigenvalue weighted by Gasteiger charge is -2.28. The van der Waals surface area contributed by atoms with E-state index in [1.54, 1.807) is 34.8 Å². The molecule has 3 aromatic heterocycles. The van der Waals surface area contributed by atoms with Crippen molar-refractivity contribution < 1.29 is 14.7 Å². The quantitative estimate of drug-likeness (QED) is 0.663. The third kappa shape index (κ3) is 2.25. The molecule has 0 saturated carbocycles. The number of thiophene rings is 1. The number of hydrogen-bond donors (Lipinski definition) is 2. The summed E-state index contributed by atoms with van der Waals surface area (Å²) in [5.74, 6) is 0.129. The van der Waals surface area contributed by atoms with Crippen molar-refractivity contribution in [2.24, 2.45) is 0 Å². The van der Waals surface area contributed by atoms with Crippen LogP contribution in [0.3, 0.4) is 0 Å². The minimum absolute atomic E-state index is 0.129. The molecule has 126 valence electrons. The predicted molar refractivity (Wildman–Crippen MR) is 97.1 cm³/mol. The highest BCUT2D eigenvalue weighted by Crippen LogP contribution is 2.47. The van der Waals surface area contributed by atoms with Crippen molar-refractivity contribution in [2.45, 2.75) is 19.8 Å². The Kier molecular flexibility index (Phi) is 3.43. The van der Waals surface area contributed by atoms with Gasteiger partial charge in [0.05, 0.1) is 17.1 Å². The summed E-state index contributed by atoms with van der Waals surface area (Å²) < 4.78 is 0. The standard InChI is InChI=1S/C17H14N4O3S/c1-9(2)14-12(4-3-6-18-14)21-11-5-7-19-15-13(11)10(20-16(21)22)8-25(15)17(23)24/h3-9H,1-2H3,(H-,20,22,23,24)/p+1. The first-order valence-electron chi connectivity index (χ1n) is 7.72. The first-order valence-corrected chi connectivity index (χ1v) is 9.01. The number of aromatic nitrogens is 2. The van der Waals surface area contributed by atoms with E-state index in [4.69, 9.17) is 0 Å². The molecule has 1 aliphatic rings. The molecule has 25 heavy (non-hydrogen) atoms. The van der Waals surface area contributed by atoms with Gasteiger partial charge in [0.15, 0.2) is 5.38 Å². The van der Waals surface area contributed by atoms with Gasteiger partial charge in [0.25, 0.3) is 4.83 Å². The minimum Gasteiger partial charge on any atom is -0.437 e. The van der Waals surface area contributed by atoms with Gasteiger partial charge in [-0.15, -0.1) is 0 Å². The maximum Gasteiger partial charge on any atom is 0.554 e. The molecular formula is C17H15N4O3S+. The van der Waals surface area contributed by atoms with E-state index in [1.165, 1.54) is 0 Å². The van der Waals surface area contributed by atoms with E-state index < -0.39 is 15.8 Å². The molecule has 0 bridgehead atoms. The van der Waals surface area contributed by atoms with E-state index in [0.29, 0.717) is 27.3 Å². The fraction of sp³-hybridized carbons (Fsp3) is 0.176. The van der Waals surface area contributed by atoms with E-state index >= 15 is 0 Å². The van der Waals surface area contributed by atoms with Crippen molar-refractivity contribution in [3.63, 3.8) is 0 Å². The normalized spacial score (nSPS) is 14.1. The van der Waals surface area contributed by atoms with Crippen LogP contribution in [0.1, 0.15) is 25.5 Å². The van der Waals surface area contributed by atoms with Gasteiger partial charge < -0.3 is 10.4 Å². The lowest BCUT2D eigenvalue weighted by molar-refractivity contribution is 0.221. The Morgan fingerprint density at radius 2 is 2.04 bits per heavy atom. The first kappa shape index (κ1) is 15.5. The third-order valence-electron chi connectivity index (χ3n) is 4.09. The second-order valence-electron chi connectivity index (χ2n) is 5.97. The van der Waals surface area contributed by atoms with Crippen LogP contribution in [-0.2, 0) is 0 Å². The first-order chi connectivity index (χ1) is 12.0. The zero-order chi connectivity index (χ0) is 17.7. The Hall–Kier alpha value is -3.00. The zero-order valence-electron chi connectivity index (χ0n) is 13.6. The van der Waals surface area contributed by atoms with Crippen LogP contribution in [0, 0.1) is 0 Å². The van der Waals surface area contributed by atoms with Gasteiger partial charge in [0.1, 0.15) is 21.5 Å².